The second kappa shape index (κ2) is 6.57. The zero-order chi connectivity index (χ0) is 18.1. The van der Waals surface area contributed by atoms with E-state index in [2.05, 4.69) is 0 Å². The van der Waals surface area contributed by atoms with E-state index in [0.29, 0.717) is 31.7 Å². The Morgan fingerprint density at radius 3 is 2.65 bits per heavy atom. The Kier molecular flexibility index (Phi) is 4.24. The average molecular weight is 351 g/mol. The summed E-state index contributed by atoms with van der Waals surface area (Å²) in [5, 5.41) is 0. The Balaban J connectivity index is 1.55. The number of cyclic esters (lactones) is 1. The number of amides is 1. The highest BCUT2D eigenvalue weighted by Gasteiger charge is 2.45. The van der Waals surface area contributed by atoms with Gasteiger partial charge < -0.3 is 14.4 Å². The van der Waals surface area contributed by atoms with Crippen LogP contribution in [0.25, 0.3) is 0 Å². The molecule has 2 aliphatic rings. The number of rotatable bonds is 2. The van der Waals surface area contributed by atoms with Crippen molar-refractivity contribution in [1.29, 1.82) is 0 Å². The van der Waals surface area contributed by atoms with E-state index in [-0.39, 0.29) is 12.0 Å². The van der Waals surface area contributed by atoms with Crippen LogP contribution < -0.4 is 0 Å². The van der Waals surface area contributed by atoms with Gasteiger partial charge in [0.15, 0.2) is 5.60 Å². The highest BCUT2D eigenvalue weighted by Crippen LogP contribution is 2.31. The van der Waals surface area contributed by atoms with Crippen LogP contribution in [0.2, 0.25) is 0 Å². The van der Waals surface area contributed by atoms with Crippen molar-refractivity contribution in [3.05, 3.63) is 71.3 Å². The number of nitrogens with zero attached hydrogens (tertiary/aromatic N) is 1. The van der Waals surface area contributed by atoms with E-state index in [1.54, 1.807) is 24.0 Å². The van der Waals surface area contributed by atoms with Gasteiger partial charge in [0.2, 0.25) is 0 Å². The first kappa shape index (κ1) is 16.8. The predicted molar refractivity (Wildman–Crippen MR) is 95.7 cm³/mol. The molecular formula is C21H21NO4. The molecule has 26 heavy (non-hydrogen) atoms. The summed E-state index contributed by atoms with van der Waals surface area (Å²) in [6.07, 6.45) is 0.227. The Bertz CT molecular complexity index is 835. The fourth-order valence-corrected chi connectivity index (χ4v) is 3.69. The molecule has 4 rings (SSSR count). The highest BCUT2D eigenvalue weighted by atomic mass is 16.6. The molecule has 2 aliphatic heterocycles. The van der Waals surface area contributed by atoms with Gasteiger partial charge in [-0.1, -0.05) is 48.5 Å². The maximum Gasteiger partial charge on any atom is 0.339 e. The molecule has 0 aliphatic carbocycles. The zero-order valence-corrected chi connectivity index (χ0v) is 14.7. The fourth-order valence-electron chi connectivity index (χ4n) is 3.69. The molecule has 2 aromatic rings. The summed E-state index contributed by atoms with van der Waals surface area (Å²) in [4.78, 5) is 27.3. The van der Waals surface area contributed by atoms with Crippen LogP contribution in [-0.4, -0.2) is 42.1 Å². The van der Waals surface area contributed by atoms with Gasteiger partial charge in [0.1, 0.15) is 6.10 Å². The molecule has 0 saturated carbocycles. The van der Waals surface area contributed by atoms with E-state index in [1.807, 2.05) is 42.5 Å². The minimum absolute atomic E-state index is 0.162. The lowest BCUT2D eigenvalue weighted by atomic mass is 9.88. The molecule has 2 unspecified atom stereocenters. The molecule has 0 spiro atoms. The van der Waals surface area contributed by atoms with Gasteiger partial charge in [-0.05, 0) is 24.1 Å². The van der Waals surface area contributed by atoms with E-state index in [1.165, 1.54) is 0 Å². The van der Waals surface area contributed by atoms with E-state index in [9.17, 15) is 9.59 Å². The molecule has 1 amide bonds. The summed E-state index contributed by atoms with van der Waals surface area (Å²) in [6.45, 7) is 3.12. The number of hydrogen-bond donors (Lipinski definition) is 0. The van der Waals surface area contributed by atoms with E-state index in [4.69, 9.17) is 9.47 Å². The van der Waals surface area contributed by atoms with Gasteiger partial charge in [-0.15, -0.1) is 0 Å². The van der Waals surface area contributed by atoms with Gasteiger partial charge in [-0.25, -0.2) is 4.79 Å². The van der Waals surface area contributed by atoms with Crippen LogP contribution in [0, 0.1) is 0 Å². The van der Waals surface area contributed by atoms with Crippen molar-refractivity contribution in [2.45, 2.75) is 25.0 Å². The number of carbonyl (C=O) groups is 2. The Hall–Kier alpha value is -2.66. The lowest BCUT2D eigenvalue weighted by Gasteiger charge is -2.40. The van der Waals surface area contributed by atoms with Crippen molar-refractivity contribution in [2.75, 3.05) is 19.7 Å². The molecule has 2 aromatic carbocycles. The standard InChI is InChI=1S/C21H21NO4/c1-21(13-16-9-5-6-10-17(16)19(23)26-21)20(24)22-11-12-25-18(14-22)15-7-3-2-4-8-15/h2-10,18H,11-14H2,1H3. The predicted octanol–water partition coefficient (Wildman–Crippen LogP) is 2.76. The van der Waals surface area contributed by atoms with Crippen molar-refractivity contribution < 1.29 is 19.1 Å². The van der Waals surface area contributed by atoms with E-state index >= 15 is 0 Å². The molecule has 2 atom stereocenters. The van der Waals surface area contributed by atoms with Crippen LogP contribution in [0.3, 0.4) is 0 Å². The number of ether oxygens (including phenoxy) is 2. The topological polar surface area (TPSA) is 55.8 Å². The van der Waals surface area contributed by atoms with Crippen LogP contribution in [0.1, 0.15) is 34.5 Å². The highest BCUT2D eigenvalue weighted by molar-refractivity contribution is 5.97. The summed E-state index contributed by atoms with van der Waals surface area (Å²) < 4.78 is 11.4. The molecule has 0 aromatic heterocycles. The van der Waals surface area contributed by atoms with Crippen molar-refractivity contribution in [3.8, 4) is 0 Å². The van der Waals surface area contributed by atoms with E-state index < -0.39 is 11.6 Å². The van der Waals surface area contributed by atoms with E-state index in [0.717, 1.165) is 11.1 Å². The van der Waals surface area contributed by atoms with Crippen LogP contribution in [-0.2, 0) is 20.7 Å². The summed E-state index contributed by atoms with van der Waals surface area (Å²) >= 11 is 0. The molecule has 5 nitrogen and oxygen atoms in total. The molecule has 2 heterocycles. The molecule has 1 saturated heterocycles. The Morgan fingerprint density at radius 1 is 1.12 bits per heavy atom. The molecule has 1 fully saturated rings. The zero-order valence-electron chi connectivity index (χ0n) is 14.7. The van der Waals surface area contributed by atoms with Crippen LogP contribution in [0.4, 0.5) is 0 Å². The third-order valence-electron chi connectivity index (χ3n) is 5.06. The van der Waals surface area contributed by atoms with Crippen molar-refractivity contribution in [3.63, 3.8) is 0 Å². The number of morpholine rings is 1. The first-order valence-electron chi connectivity index (χ1n) is 8.84. The van der Waals surface area contributed by atoms with Crippen molar-refractivity contribution in [2.24, 2.45) is 0 Å². The van der Waals surface area contributed by atoms with Gasteiger partial charge in [0.05, 0.1) is 18.7 Å². The number of benzene rings is 2. The number of carbonyl (C=O) groups excluding carboxylic acids is 2. The SMILES string of the molecule is CC1(C(=O)N2CCOC(c3ccccc3)C2)Cc2ccccc2C(=O)O1. The maximum atomic E-state index is 13.2. The Morgan fingerprint density at radius 2 is 1.85 bits per heavy atom. The maximum absolute atomic E-state index is 13.2. The number of esters is 1. The Labute approximate surface area is 152 Å². The van der Waals surface area contributed by atoms with Gasteiger partial charge in [-0.2, -0.15) is 0 Å². The van der Waals surface area contributed by atoms with Crippen LogP contribution >= 0.6 is 0 Å². The van der Waals surface area contributed by atoms with Crippen molar-refractivity contribution in [1.82, 2.24) is 4.90 Å². The van der Waals surface area contributed by atoms with Gasteiger partial charge in [-0.3, -0.25) is 4.79 Å². The second-order valence-corrected chi connectivity index (χ2v) is 6.98. The third kappa shape index (κ3) is 2.99. The lowest BCUT2D eigenvalue weighted by Crippen LogP contribution is -2.56. The number of hydrogen-bond acceptors (Lipinski definition) is 4. The second-order valence-electron chi connectivity index (χ2n) is 6.98. The number of fused-ring (bicyclic) bond motifs is 1. The minimum atomic E-state index is -1.18. The van der Waals surface area contributed by atoms with Gasteiger partial charge >= 0.3 is 5.97 Å². The molecule has 0 N–H and O–H groups in total. The normalized spacial score (nSPS) is 25.3. The van der Waals surface area contributed by atoms with Crippen LogP contribution in [0.15, 0.2) is 54.6 Å². The molecule has 5 heteroatoms. The smallest absolute Gasteiger partial charge is 0.339 e. The minimum Gasteiger partial charge on any atom is -0.445 e. The summed E-state index contributed by atoms with van der Waals surface area (Å²) in [7, 11) is 0. The summed E-state index contributed by atoms with van der Waals surface area (Å²) in [5.74, 6) is -0.597. The van der Waals surface area contributed by atoms with Crippen LogP contribution in [0.5, 0.6) is 0 Å². The molecule has 0 radical (unpaired) electrons. The molecule has 134 valence electrons. The first-order valence-corrected chi connectivity index (χ1v) is 8.84. The molecule has 0 bridgehead atoms. The first-order chi connectivity index (χ1) is 12.6. The monoisotopic (exact) mass is 351 g/mol. The largest absolute Gasteiger partial charge is 0.445 e. The summed E-state index contributed by atoms with van der Waals surface area (Å²) in [6, 6.07) is 17.2. The van der Waals surface area contributed by atoms with Crippen molar-refractivity contribution >= 4 is 11.9 Å². The lowest BCUT2D eigenvalue weighted by molar-refractivity contribution is -0.158. The fraction of sp³-hybridized carbons (Fsp3) is 0.333. The third-order valence-corrected chi connectivity index (χ3v) is 5.06. The average Bonchev–Trinajstić information content (AvgIpc) is 2.68. The van der Waals surface area contributed by atoms with Gasteiger partial charge in [0.25, 0.3) is 5.91 Å². The summed E-state index contributed by atoms with van der Waals surface area (Å²) in [5.41, 5.74) is 1.26. The van der Waals surface area contributed by atoms with Gasteiger partial charge in [0, 0.05) is 13.0 Å². The molecular weight excluding hydrogens is 330 g/mol. The quantitative estimate of drug-likeness (QED) is 0.781.